The van der Waals surface area contributed by atoms with Gasteiger partial charge in [0.05, 0.1) is 18.8 Å². The number of hydrogen-bond acceptors (Lipinski definition) is 3. The van der Waals surface area contributed by atoms with Gasteiger partial charge in [0.1, 0.15) is 0 Å². The Morgan fingerprint density at radius 3 is 2.92 bits per heavy atom. The first-order valence-corrected chi connectivity index (χ1v) is 5.38. The summed E-state index contributed by atoms with van der Waals surface area (Å²) in [4.78, 5) is 0. The Kier molecular flexibility index (Phi) is 4.60. The second-order valence-corrected chi connectivity index (χ2v) is 4.16. The van der Waals surface area contributed by atoms with E-state index >= 15 is 0 Å². The Hall–Kier alpha value is 0.310. The predicted octanol–water partition coefficient (Wildman–Crippen LogP) is 1.32. The van der Waals surface area contributed by atoms with Crippen molar-refractivity contribution in [3.8, 4) is 0 Å². The summed E-state index contributed by atoms with van der Waals surface area (Å²) in [5, 5.41) is 0. The fourth-order valence-electron chi connectivity index (χ4n) is 1.69. The van der Waals surface area contributed by atoms with Gasteiger partial charge in [-0.25, -0.2) is 0 Å². The second kappa shape index (κ2) is 5.26. The van der Waals surface area contributed by atoms with Gasteiger partial charge in [0.25, 0.3) is 0 Å². The molecule has 4 heteroatoms. The van der Waals surface area contributed by atoms with E-state index < -0.39 is 0 Å². The Morgan fingerprint density at radius 2 is 2.38 bits per heavy atom. The van der Waals surface area contributed by atoms with Crippen molar-refractivity contribution in [1.29, 1.82) is 0 Å². The van der Waals surface area contributed by atoms with Gasteiger partial charge in [-0.15, -0.1) is 0 Å². The molecule has 2 N–H and O–H groups in total. The Bertz CT molecular complexity index is 157. The molecule has 0 radical (unpaired) electrons. The second-order valence-electron chi connectivity index (χ2n) is 3.83. The van der Waals surface area contributed by atoms with Gasteiger partial charge in [-0.05, 0) is 12.3 Å². The Balaban J connectivity index is 2.40. The molecule has 1 rings (SSSR count). The molecule has 0 aromatic rings. The monoisotopic (exact) mass is 205 g/mol. The fraction of sp³-hybridized carbons (Fsp3) is 1.00. The van der Waals surface area contributed by atoms with E-state index in [0.717, 1.165) is 12.8 Å². The summed E-state index contributed by atoms with van der Waals surface area (Å²) in [5.74, 6) is 0.598. The average molecular weight is 205 g/mol. The number of rotatable bonds is 4. The van der Waals surface area contributed by atoms with Crippen molar-refractivity contribution in [3.63, 3.8) is 0 Å². The highest BCUT2D eigenvalue weighted by atomic mass is 31.0. The molecule has 3 nitrogen and oxygen atoms in total. The van der Waals surface area contributed by atoms with Crippen molar-refractivity contribution in [3.05, 3.63) is 0 Å². The molecule has 1 fully saturated rings. The van der Waals surface area contributed by atoms with Gasteiger partial charge < -0.3 is 15.0 Å². The molecule has 4 unspecified atom stereocenters. The zero-order valence-corrected chi connectivity index (χ0v) is 9.56. The summed E-state index contributed by atoms with van der Waals surface area (Å²) in [6.45, 7) is 4.97. The lowest BCUT2D eigenvalue weighted by Crippen LogP contribution is -2.32. The van der Waals surface area contributed by atoms with Crippen LogP contribution in [0.4, 0.5) is 0 Å². The van der Waals surface area contributed by atoms with Gasteiger partial charge in [-0.3, -0.25) is 0 Å². The van der Waals surface area contributed by atoms with Crippen LogP contribution in [-0.2, 0) is 9.26 Å². The van der Waals surface area contributed by atoms with Crippen LogP contribution in [0.2, 0.25) is 0 Å². The van der Waals surface area contributed by atoms with Gasteiger partial charge in [-0.2, -0.15) is 0 Å². The van der Waals surface area contributed by atoms with Crippen LogP contribution >= 0.6 is 9.47 Å². The van der Waals surface area contributed by atoms with Crippen molar-refractivity contribution in [2.24, 2.45) is 11.7 Å². The standard InChI is InChI=1S/C9H20NO2P/c1-3-6(2)8-4-7(10)9(12-8)5-11-13/h6-9H,3-5,10,13H2,1-2H3/t6?,7-,8?,9?/m0/s1. The molecule has 13 heavy (non-hydrogen) atoms. The van der Waals surface area contributed by atoms with Gasteiger partial charge >= 0.3 is 0 Å². The molecule has 1 heterocycles. The molecule has 1 aliphatic heterocycles. The number of nitrogens with two attached hydrogens (primary N) is 1. The maximum atomic E-state index is 5.93. The van der Waals surface area contributed by atoms with Crippen molar-refractivity contribution in [2.75, 3.05) is 6.61 Å². The van der Waals surface area contributed by atoms with Crippen LogP contribution in [0, 0.1) is 5.92 Å². The molecule has 0 saturated carbocycles. The first kappa shape index (κ1) is 11.4. The van der Waals surface area contributed by atoms with Crippen LogP contribution in [0.1, 0.15) is 26.7 Å². The summed E-state index contributed by atoms with van der Waals surface area (Å²) >= 11 is 0. The molecule has 0 aliphatic carbocycles. The molecule has 0 aromatic carbocycles. The molecule has 78 valence electrons. The minimum absolute atomic E-state index is 0.0801. The van der Waals surface area contributed by atoms with Gasteiger partial charge in [-0.1, -0.05) is 20.3 Å². The quantitative estimate of drug-likeness (QED) is 0.704. The highest BCUT2D eigenvalue weighted by Crippen LogP contribution is 2.26. The van der Waals surface area contributed by atoms with Crippen molar-refractivity contribution >= 4 is 9.47 Å². The van der Waals surface area contributed by atoms with Crippen LogP contribution in [0.5, 0.6) is 0 Å². The van der Waals surface area contributed by atoms with E-state index in [2.05, 4.69) is 23.3 Å². The molecule has 0 spiro atoms. The first-order valence-electron chi connectivity index (χ1n) is 4.91. The van der Waals surface area contributed by atoms with Crippen LogP contribution in [0.15, 0.2) is 0 Å². The van der Waals surface area contributed by atoms with Crippen LogP contribution < -0.4 is 5.73 Å². The van der Waals surface area contributed by atoms with E-state index in [0.29, 0.717) is 18.6 Å². The van der Waals surface area contributed by atoms with Crippen LogP contribution in [0.3, 0.4) is 0 Å². The predicted molar refractivity (Wildman–Crippen MR) is 56.4 cm³/mol. The lowest BCUT2D eigenvalue weighted by molar-refractivity contribution is -0.00619. The van der Waals surface area contributed by atoms with Crippen molar-refractivity contribution < 1.29 is 9.26 Å². The largest absolute Gasteiger partial charge is 0.371 e. The maximum Gasteiger partial charge on any atom is 0.0966 e. The molecular formula is C9H20NO2P. The molecular weight excluding hydrogens is 185 g/mol. The van der Waals surface area contributed by atoms with Crippen LogP contribution in [0.25, 0.3) is 0 Å². The molecule has 1 saturated heterocycles. The third-order valence-electron chi connectivity index (χ3n) is 2.87. The van der Waals surface area contributed by atoms with Gasteiger partial charge in [0, 0.05) is 15.5 Å². The summed E-state index contributed by atoms with van der Waals surface area (Å²) in [6, 6.07) is 0.138. The summed E-state index contributed by atoms with van der Waals surface area (Å²) < 4.78 is 10.8. The third kappa shape index (κ3) is 2.88. The highest BCUT2D eigenvalue weighted by molar-refractivity contribution is 7.09. The minimum Gasteiger partial charge on any atom is -0.371 e. The van der Waals surface area contributed by atoms with E-state index in [1.807, 2.05) is 0 Å². The van der Waals surface area contributed by atoms with E-state index in [1.165, 1.54) is 0 Å². The smallest absolute Gasteiger partial charge is 0.0966 e. The normalized spacial score (nSPS) is 36.5. The number of hydrogen-bond donors (Lipinski definition) is 1. The minimum atomic E-state index is 0.0801. The van der Waals surface area contributed by atoms with Gasteiger partial charge in [0.15, 0.2) is 0 Å². The topological polar surface area (TPSA) is 44.5 Å². The maximum absolute atomic E-state index is 5.93. The Labute approximate surface area is 82.6 Å². The lowest BCUT2D eigenvalue weighted by atomic mass is 9.98. The van der Waals surface area contributed by atoms with Crippen LogP contribution in [-0.4, -0.2) is 24.9 Å². The number of ether oxygens (including phenoxy) is 1. The van der Waals surface area contributed by atoms with E-state index in [1.54, 1.807) is 0 Å². The molecule has 1 aliphatic rings. The third-order valence-corrected chi connectivity index (χ3v) is 3.06. The molecule has 0 amide bonds. The van der Waals surface area contributed by atoms with Crippen molar-refractivity contribution in [2.45, 2.75) is 44.9 Å². The van der Waals surface area contributed by atoms with E-state index in [-0.39, 0.29) is 12.1 Å². The SMILES string of the molecule is CCC(C)C1C[C@H](N)C(COP)O1. The Morgan fingerprint density at radius 1 is 1.69 bits per heavy atom. The summed E-state index contributed by atoms with van der Waals surface area (Å²) in [6.07, 6.45) is 2.51. The lowest BCUT2D eigenvalue weighted by Gasteiger charge is -2.18. The zero-order chi connectivity index (χ0) is 9.84. The fourth-order valence-corrected chi connectivity index (χ4v) is 1.88. The van der Waals surface area contributed by atoms with E-state index in [9.17, 15) is 0 Å². The zero-order valence-electron chi connectivity index (χ0n) is 8.40. The molecule has 5 atom stereocenters. The first-order chi connectivity index (χ1) is 6.19. The average Bonchev–Trinajstić information content (AvgIpc) is 2.47. The highest BCUT2D eigenvalue weighted by Gasteiger charge is 2.34. The van der Waals surface area contributed by atoms with E-state index in [4.69, 9.17) is 15.0 Å². The summed E-state index contributed by atoms with van der Waals surface area (Å²) in [7, 11) is 2.24. The molecule has 0 aromatic heterocycles. The molecule has 0 bridgehead atoms. The summed E-state index contributed by atoms with van der Waals surface area (Å²) in [5.41, 5.74) is 5.93. The van der Waals surface area contributed by atoms with Crippen molar-refractivity contribution in [1.82, 2.24) is 0 Å². The van der Waals surface area contributed by atoms with Gasteiger partial charge in [0.2, 0.25) is 0 Å².